The van der Waals surface area contributed by atoms with Gasteiger partial charge >= 0.3 is 0 Å². The van der Waals surface area contributed by atoms with Crippen molar-refractivity contribution in [2.75, 3.05) is 0 Å². The first-order valence-corrected chi connectivity index (χ1v) is 3.09. The molecule has 0 unspecified atom stereocenters. The third-order valence-electron chi connectivity index (χ3n) is 0.672. The Hall–Kier alpha value is 0.385. The van der Waals surface area contributed by atoms with Gasteiger partial charge < -0.3 is 0 Å². The monoisotopic (exact) mass is 136 g/mol. The van der Waals surface area contributed by atoms with E-state index in [9.17, 15) is 0 Å². The lowest BCUT2D eigenvalue weighted by molar-refractivity contribution is 1.45. The van der Waals surface area contributed by atoms with Crippen LogP contribution in [-0.2, 0) is 0 Å². The lowest BCUT2D eigenvalue weighted by atomic mass is 9.74. The Morgan fingerprint density at radius 3 is 2.43 bits per heavy atom. The molecule has 0 aromatic rings. The molecule has 0 bridgehead atoms. The number of halogens is 2. The van der Waals surface area contributed by atoms with Crippen molar-refractivity contribution in [2.45, 2.75) is 13.2 Å². The van der Waals surface area contributed by atoms with Gasteiger partial charge in [0, 0.05) is 0 Å². The average Bonchev–Trinajstić information content (AvgIpc) is 1.68. The molecule has 0 aromatic carbocycles. The van der Waals surface area contributed by atoms with Crippen molar-refractivity contribution in [1.82, 2.24) is 0 Å². The summed E-state index contributed by atoms with van der Waals surface area (Å²) in [5, 5.41) is 0. The summed E-state index contributed by atoms with van der Waals surface area (Å²) >= 11 is 10.8. The molecular formula is C4H7BCl2. The molecule has 0 radical (unpaired) electrons. The maximum Gasteiger partial charge on any atom is 0.276 e. The summed E-state index contributed by atoms with van der Waals surface area (Å²) in [4.78, 5) is 0. The number of hydrogen-bond donors (Lipinski definition) is 0. The number of rotatable bonds is 2. The van der Waals surface area contributed by atoms with Crippen molar-refractivity contribution in [3.05, 3.63) is 11.5 Å². The van der Waals surface area contributed by atoms with Gasteiger partial charge in [0.25, 0.3) is 6.13 Å². The molecule has 0 rings (SSSR count). The highest BCUT2D eigenvalue weighted by atomic mass is 35.5. The van der Waals surface area contributed by atoms with Crippen LogP contribution in [0, 0.1) is 0 Å². The van der Waals surface area contributed by atoms with Crippen LogP contribution in [0.4, 0.5) is 0 Å². The fourth-order valence-corrected chi connectivity index (χ4v) is 0.538. The highest BCUT2D eigenvalue weighted by Gasteiger charge is 1.97. The van der Waals surface area contributed by atoms with Gasteiger partial charge in [-0.25, -0.2) is 0 Å². The maximum absolute atomic E-state index is 5.59. The fourth-order valence-electron chi connectivity index (χ4n) is 0.215. The molecular weight excluding hydrogens is 130 g/mol. The Kier molecular flexibility index (Phi) is 4.79. The second kappa shape index (κ2) is 4.54. The van der Waals surface area contributed by atoms with E-state index in [0.717, 1.165) is 6.32 Å². The van der Waals surface area contributed by atoms with Gasteiger partial charge in [0.15, 0.2) is 0 Å². The van der Waals surface area contributed by atoms with E-state index in [-0.39, 0.29) is 6.13 Å². The third-order valence-corrected chi connectivity index (χ3v) is 1.27. The first kappa shape index (κ1) is 7.38. The Morgan fingerprint density at radius 1 is 1.71 bits per heavy atom. The van der Waals surface area contributed by atoms with E-state index in [4.69, 9.17) is 23.1 Å². The largest absolute Gasteiger partial charge is 0.276 e. The molecule has 0 saturated heterocycles. The number of hydrogen-bond acceptors (Lipinski definition) is 0. The van der Waals surface area contributed by atoms with Crippen molar-refractivity contribution in [3.63, 3.8) is 0 Å². The first-order valence-electron chi connectivity index (χ1n) is 2.22. The topological polar surface area (TPSA) is 0 Å². The lowest BCUT2D eigenvalue weighted by Crippen LogP contribution is -1.93. The molecule has 0 nitrogen and oxygen atoms in total. The molecule has 0 heterocycles. The molecule has 0 aliphatic rings. The zero-order valence-corrected chi connectivity index (χ0v) is 5.71. The third kappa shape index (κ3) is 4.23. The van der Waals surface area contributed by atoms with Crippen LogP contribution in [0.2, 0.25) is 6.32 Å². The van der Waals surface area contributed by atoms with Crippen LogP contribution in [0.1, 0.15) is 6.92 Å². The Morgan fingerprint density at radius 2 is 2.29 bits per heavy atom. The van der Waals surface area contributed by atoms with Crippen LogP contribution in [-0.4, -0.2) is 6.13 Å². The van der Waals surface area contributed by atoms with Crippen LogP contribution in [0.5, 0.6) is 0 Å². The van der Waals surface area contributed by atoms with E-state index >= 15 is 0 Å². The molecule has 0 saturated carbocycles. The van der Waals surface area contributed by atoms with Crippen molar-refractivity contribution in [2.24, 2.45) is 0 Å². The van der Waals surface area contributed by atoms with E-state index in [1.165, 1.54) is 5.54 Å². The Bertz CT molecular complexity index is 62.7. The lowest BCUT2D eigenvalue weighted by Gasteiger charge is -1.86. The van der Waals surface area contributed by atoms with Crippen molar-refractivity contribution < 1.29 is 0 Å². The van der Waals surface area contributed by atoms with Gasteiger partial charge in [0.1, 0.15) is 0 Å². The SMILES string of the molecule is CCB(Cl)C=CCl. The Balaban J connectivity index is 3.16. The van der Waals surface area contributed by atoms with Crippen LogP contribution < -0.4 is 0 Å². The second-order valence-electron chi connectivity index (χ2n) is 1.24. The molecule has 0 aliphatic heterocycles. The van der Waals surface area contributed by atoms with Gasteiger partial charge in [-0.15, -0.1) is 0 Å². The van der Waals surface area contributed by atoms with Gasteiger partial charge in [-0.05, 0) is 5.54 Å². The summed E-state index contributed by atoms with van der Waals surface area (Å²) in [6.07, 6.45) is 1.04. The van der Waals surface area contributed by atoms with Crippen LogP contribution in [0.25, 0.3) is 0 Å². The highest BCUT2D eigenvalue weighted by Crippen LogP contribution is 1.98. The summed E-state index contributed by atoms with van der Waals surface area (Å²) in [6.45, 7) is 2.01. The molecule has 7 heavy (non-hydrogen) atoms. The minimum Gasteiger partial charge on any atom is -0.189 e. The van der Waals surface area contributed by atoms with E-state index in [1.54, 1.807) is 5.98 Å². The van der Waals surface area contributed by atoms with Gasteiger partial charge in [-0.2, -0.15) is 11.5 Å². The van der Waals surface area contributed by atoms with Crippen LogP contribution in [0.15, 0.2) is 11.5 Å². The summed E-state index contributed by atoms with van der Waals surface area (Å²) < 4.78 is 0. The standard InChI is InChI=1S/C4H7BCl2/c1-2-5(7)3-4-6/h3-4H,2H2,1H3. The normalized spacial score (nSPS) is 10.1. The fraction of sp³-hybridized carbons (Fsp3) is 0.500. The quantitative estimate of drug-likeness (QED) is 0.512. The molecule has 0 N–H and O–H groups in total. The average molecular weight is 137 g/mol. The van der Waals surface area contributed by atoms with Gasteiger partial charge in [0.05, 0.1) is 0 Å². The van der Waals surface area contributed by atoms with Crippen LogP contribution >= 0.6 is 23.1 Å². The molecule has 0 spiro atoms. The summed E-state index contributed by atoms with van der Waals surface area (Å²) in [7, 11) is 0. The van der Waals surface area contributed by atoms with E-state index in [2.05, 4.69) is 0 Å². The van der Waals surface area contributed by atoms with E-state index in [1.807, 2.05) is 6.92 Å². The summed E-state index contributed by atoms with van der Waals surface area (Å²) in [6, 6.07) is 0. The van der Waals surface area contributed by atoms with Gasteiger partial charge in [-0.1, -0.05) is 30.8 Å². The van der Waals surface area contributed by atoms with Crippen molar-refractivity contribution in [3.8, 4) is 0 Å². The predicted molar refractivity (Wildman–Crippen MR) is 37.1 cm³/mol. The molecule has 0 aromatic heterocycles. The highest BCUT2D eigenvalue weighted by molar-refractivity contribution is 7.09. The molecule has 0 amide bonds. The molecule has 40 valence electrons. The van der Waals surface area contributed by atoms with Crippen molar-refractivity contribution in [1.29, 1.82) is 0 Å². The molecule has 0 fully saturated rings. The van der Waals surface area contributed by atoms with Gasteiger partial charge in [0.2, 0.25) is 0 Å². The summed E-state index contributed by atoms with van der Waals surface area (Å²) in [5.74, 6) is 1.75. The minimum atomic E-state index is 0.109. The molecule has 0 aliphatic carbocycles. The van der Waals surface area contributed by atoms with E-state index in [0.29, 0.717) is 0 Å². The van der Waals surface area contributed by atoms with Crippen LogP contribution in [0.3, 0.4) is 0 Å². The minimum absolute atomic E-state index is 0.109. The molecule has 0 atom stereocenters. The smallest absolute Gasteiger partial charge is 0.189 e. The Labute approximate surface area is 54.5 Å². The van der Waals surface area contributed by atoms with Crippen molar-refractivity contribution >= 4 is 29.2 Å². The second-order valence-corrected chi connectivity index (χ2v) is 2.06. The predicted octanol–water partition coefficient (Wildman–Crippen LogP) is 2.53. The molecule has 3 heteroatoms. The zero-order chi connectivity index (χ0) is 5.70. The first-order chi connectivity index (χ1) is 3.31. The van der Waals surface area contributed by atoms with E-state index < -0.39 is 0 Å². The zero-order valence-electron chi connectivity index (χ0n) is 4.20. The summed E-state index contributed by atoms with van der Waals surface area (Å²) in [5.41, 5.74) is 1.45. The van der Waals surface area contributed by atoms with Gasteiger partial charge in [-0.3, -0.25) is 0 Å². The maximum atomic E-state index is 5.59.